The van der Waals surface area contributed by atoms with Crippen LogP contribution in [0.1, 0.15) is 19.8 Å². The highest BCUT2D eigenvalue weighted by molar-refractivity contribution is 7.99. The number of anilines is 1. The van der Waals surface area contributed by atoms with Crippen molar-refractivity contribution in [3.05, 3.63) is 24.3 Å². The molecule has 0 saturated carbocycles. The molecule has 4 nitrogen and oxygen atoms in total. The Kier molecular flexibility index (Phi) is 6.21. The van der Waals surface area contributed by atoms with Gasteiger partial charge >= 0.3 is 0 Å². The molecular weight excluding hydrogens is 272 g/mol. The van der Waals surface area contributed by atoms with Crippen molar-refractivity contribution in [2.45, 2.75) is 25.8 Å². The fraction of sp³-hybridized carbons (Fsp3) is 0.533. The minimum absolute atomic E-state index is 0.00438. The van der Waals surface area contributed by atoms with Crippen LogP contribution in [0.2, 0.25) is 0 Å². The number of carbonyl (C=O) groups excluding carboxylic acids is 1. The summed E-state index contributed by atoms with van der Waals surface area (Å²) in [5.41, 5.74) is 0.804. The summed E-state index contributed by atoms with van der Waals surface area (Å²) in [6.45, 7) is 2.97. The molecule has 0 aromatic heterocycles. The van der Waals surface area contributed by atoms with Gasteiger partial charge in [0.25, 0.3) is 0 Å². The number of rotatable bonds is 6. The lowest BCUT2D eigenvalue weighted by Gasteiger charge is -2.22. The number of nitrogens with one attached hydrogen (secondary N) is 2. The normalized spacial score (nSPS) is 18.6. The van der Waals surface area contributed by atoms with Gasteiger partial charge in [-0.3, -0.25) is 4.79 Å². The van der Waals surface area contributed by atoms with Gasteiger partial charge in [-0.2, -0.15) is 11.8 Å². The Morgan fingerprint density at radius 1 is 1.40 bits per heavy atom. The number of hydrogen-bond donors (Lipinski definition) is 2. The number of hydrogen-bond acceptors (Lipinski definition) is 4. The molecule has 0 aliphatic carbocycles. The van der Waals surface area contributed by atoms with E-state index < -0.39 is 0 Å². The molecule has 2 rings (SSSR count). The Morgan fingerprint density at radius 2 is 2.20 bits per heavy atom. The van der Waals surface area contributed by atoms with Crippen molar-refractivity contribution in [2.24, 2.45) is 0 Å². The largest absolute Gasteiger partial charge is 0.494 e. The van der Waals surface area contributed by atoms with Crippen molar-refractivity contribution in [1.82, 2.24) is 5.32 Å². The highest BCUT2D eigenvalue weighted by atomic mass is 32.2. The molecule has 1 amide bonds. The molecule has 20 heavy (non-hydrogen) atoms. The molecule has 1 aliphatic rings. The summed E-state index contributed by atoms with van der Waals surface area (Å²) >= 11 is 1.96. The first-order chi connectivity index (χ1) is 9.78. The summed E-state index contributed by atoms with van der Waals surface area (Å²) in [5, 5.41) is 6.20. The lowest BCUT2D eigenvalue weighted by molar-refractivity contribution is -0.115. The number of benzene rings is 1. The molecule has 0 unspecified atom stereocenters. The summed E-state index contributed by atoms with van der Waals surface area (Å²) in [7, 11) is 0. The van der Waals surface area contributed by atoms with E-state index in [0.29, 0.717) is 19.2 Å². The zero-order valence-electron chi connectivity index (χ0n) is 11.9. The molecule has 0 bridgehead atoms. The Hall–Kier alpha value is -1.20. The van der Waals surface area contributed by atoms with Crippen LogP contribution in [-0.2, 0) is 4.79 Å². The van der Waals surface area contributed by atoms with Gasteiger partial charge in [-0.1, -0.05) is 0 Å². The zero-order valence-corrected chi connectivity index (χ0v) is 12.7. The van der Waals surface area contributed by atoms with E-state index in [1.165, 1.54) is 18.6 Å². The Labute approximate surface area is 124 Å². The van der Waals surface area contributed by atoms with E-state index in [4.69, 9.17) is 4.74 Å². The number of ether oxygens (including phenoxy) is 1. The lowest BCUT2D eigenvalue weighted by atomic mass is 10.2. The number of thioether (sulfide) groups is 1. The van der Waals surface area contributed by atoms with Crippen LogP contribution in [0, 0.1) is 0 Å². The predicted octanol–water partition coefficient (Wildman–Crippen LogP) is 2.51. The van der Waals surface area contributed by atoms with Crippen LogP contribution in [0.15, 0.2) is 24.3 Å². The van der Waals surface area contributed by atoms with Crippen LogP contribution in [0.4, 0.5) is 5.69 Å². The molecule has 1 aliphatic heterocycles. The number of amides is 1. The molecule has 1 aromatic rings. The molecule has 0 radical (unpaired) electrons. The smallest absolute Gasteiger partial charge is 0.238 e. The van der Waals surface area contributed by atoms with Gasteiger partial charge in [0.2, 0.25) is 5.91 Å². The molecule has 5 heteroatoms. The average Bonchev–Trinajstić information content (AvgIpc) is 2.49. The summed E-state index contributed by atoms with van der Waals surface area (Å²) < 4.78 is 5.37. The van der Waals surface area contributed by atoms with Crippen molar-refractivity contribution in [1.29, 1.82) is 0 Å². The minimum atomic E-state index is 0.00438. The van der Waals surface area contributed by atoms with E-state index in [2.05, 4.69) is 10.6 Å². The summed E-state index contributed by atoms with van der Waals surface area (Å²) in [5.74, 6) is 3.18. The van der Waals surface area contributed by atoms with Crippen LogP contribution in [0.5, 0.6) is 5.75 Å². The van der Waals surface area contributed by atoms with Gasteiger partial charge in [0.05, 0.1) is 13.2 Å². The molecule has 1 saturated heterocycles. The molecule has 2 N–H and O–H groups in total. The van der Waals surface area contributed by atoms with Crippen molar-refractivity contribution in [3.63, 3.8) is 0 Å². The third-order valence-corrected chi connectivity index (χ3v) is 4.38. The topological polar surface area (TPSA) is 50.4 Å². The van der Waals surface area contributed by atoms with Crippen LogP contribution >= 0.6 is 11.8 Å². The molecule has 1 atom stereocenters. The summed E-state index contributed by atoms with van der Waals surface area (Å²) in [4.78, 5) is 11.9. The molecule has 1 aromatic carbocycles. The maximum atomic E-state index is 11.9. The third kappa shape index (κ3) is 5.06. The molecular formula is C15H22N2O2S. The van der Waals surface area contributed by atoms with Gasteiger partial charge in [0, 0.05) is 17.5 Å². The van der Waals surface area contributed by atoms with Crippen LogP contribution in [-0.4, -0.2) is 36.6 Å². The lowest BCUT2D eigenvalue weighted by Crippen LogP contribution is -2.39. The predicted molar refractivity (Wildman–Crippen MR) is 84.6 cm³/mol. The maximum Gasteiger partial charge on any atom is 0.238 e. The zero-order chi connectivity index (χ0) is 14.2. The minimum Gasteiger partial charge on any atom is -0.494 e. The van der Waals surface area contributed by atoms with Crippen molar-refractivity contribution in [3.8, 4) is 5.75 Å². The molecule has 110 valence electrons. The van der Waals surface area contributed by atoms with Gasteiger partial charge in [-0.05, 0) is 49.8 Å². The Morgan fingerprint density at radius 3 is 2.85 bits per heavy atom. The van der Waals surface area contributed by atoms with Crippen molar-refractivity contribution < 1.29 is 9.53 Å². The van der Waals surface area contributed by atoms with Gasteiger partial charge in [0.1, 0.15) is 5.75 Å². The second-order valence-corrected chi connectivity index (χ2v) is 5.95. The van der Waals surface area contributed by atoms with Crippen LogP contribution in [0.3, 0.4) is 0 Å². The average molecular weight is 294 g/mol. The van der Waals surface area contributed by atoms with Crippen molar-refractivity contribution >= 4 is 23.4 Å². The second kappa shape index (κ2) is 8.17. The fourth-order valence-electron chi connectivity index (χ4n) is 2.15. The third-order valence-electron chi connectivity index (χ3n) is 3.16. The van der Waals surface area contributed by atoms with Crippen LogP contribution in [0.25, 0.3) is 0 Å². The van der Waals surface area contributed by atoms with E-state index in [1.807, 2.05) is 43.0 Å². The van der Waals surface area contributed by atoms with Gasteiger partial charge < -0.3 is 15.4 Å². The SMILES string of the molecule is CCOc1ccc(NC(=O)CN[C@@H]2CCCSC2)cc1. The van der Waals surface area contributed by atoms with E-state index in [9.17, 15) is 4.79 Å². The first kappa shape index (κ1) is 15.2. The standard InChI is InChI=1S/C15H22N2O2S/c1-2-19-14-7-5-12(6-8-14)17-15(18)10-16-13-4-3-9-20-11-13/h5-8,13,16H,2-4,9-11H2,1H3,(H,17,18)/t13-/m1/s1. The highest BCUT2D eigenvalue weighted by Crippen LogP contribution is 2.17. The highest BCUT2D eigenvalue weighted by Gasteiger charge is 2.14. The van der Waals surface area contributed by atoms with Crippen molar-refractivity contribution in [2.75, 3.05) is 30.0 Å². The van der Waals surface area contributed by atoms with E-state index in [0.717, 1.165) is 17.2 Å². The quantitative estimate of drug-likeness (QED) is 0.846. The number of carbonyl (C=O) groups is 1. The fourth-order valence-corrected chi connectivity index (χ4v) is 3.25. The first-order valence-corrected chi connectivity index (χ1v) is 8.27. The van der Waals surface area contributed by atoms with Gasteiger partial charge in [0.15, 0.2) is 0 Å². The molecule has 1 heterocycles. The van der Waals surface area contributed by atoms with E-state index in [-0.39, 0.29) is 5.91 Å². The first-order valence-electron chi connectivity index (χ1n) is 7.12. The van der Waals surface area contributed by atoms with Gasteiger partial charge in [-0.25, -0.2) is 0 Å². The van der Waals surface area contributed by atoms with E-state index in [1.54, 1.807) is 0 Å². The maximum absolute atomic E-state index is 11.9. The van der Waals surface area contributed by atoms with Gasteiger partial charge in [-0.15, -0.1) is 0 Å². The summed E-state index contributed by atoms with van der Waals surface area (Å²) in [6, 6.07) is 7.92. The second-order valence-electron chi connectivity index (χ2n) is 4.80. The molecule has 1 fully saturated rings. The Bertz CT molecular complexity index is 416. The van der Waals surface area contributed by atoms with Crippen LogP contribution < -0.4 is 15.4 Å². The summed E-state index contributed by atoms with van der Waals surface area (Å²) in [6.07, 6.45) is 2.41. The molecule has 0 spiro atoms. The Balaban J connectivity index is 1.73. The monoisotopic (exact) mass is 294 g/mol. The van der Waals surface area contributed by atoms with E-state index >= 15 is 0 Å².